The van der Waals surface area contributed by atoms with Crippen molar-refractivity contribution < 1.29 is 17.9 Å². The molecule has 2 nitrogen and oxygen atoms in total. The van der Waals surface area contributed by atoms with Crippen LogP contribution in [-0.2, 0) is 6.18 Å². The second kappa shape index (κ2) is 6.97. The van der Waals surface area contributed by atoms with Gasteiger partial charge in [-0.1, -0.05) is 24.3 Å². The van der Waals surface area contributed by atoms with Crippen LogP contribution in [0.2, 0.25) is 0 Å². The zero-order valence-electron chi connectivity index (χ0n) is 12.8. The van der Waals surface area contributed by atoms with Crippen LogP contribution in [0.15, 0.2) is 36.4 Å². The van der Waals surface area contributed by atoms with E-state index in [4.69, 9.17) is 4.74 Å². The number of rotatable bonds is 2. The third-order valence-corrected chi connectivity index (χ3v) is 4.11. The summed E-state index contributed by atoms with van der Waals surface area (Å²) in [4.78, 5) is 2.20. The molecule has 1 saturated heterocycles. The molecule has 1 aliphatic heterocycles. The summed E-state index contributed by atoms with van der Waals surface area (Å²) in [5.41, 5.74) is -0.631. The fourth-order valence-corrected chi connectivity index (χ4v) is 2.88. The molecule has 6 heteroatoms. The molecular formula is C17H19ClF3NO. The van der Waals surface area contributed by atoms with Crippen molar-refractivity contribution >= 4 is 23.2 Å². The fraction of sp³-hybridized carbons (Fsp3) is 0.412. The van der Waals surface area contributed by atoms with E-state index in [9.17, 15) is 13.2 Å². The highest BCUT2D eigenvalue weighted by molar-refractivity contribution is 5.87. The Bertz CT molecular complexity index is 666. The monoisotopic (exact) mass is 345 g/mol. The van der Waals surface area contributed by atoms with Crippen LogP contribution >= 0.6 is 12.4 Å². The second-order valence-electron chi connectivity index (χ2n) is 5.81. The van der Waals surface area contributed by atoms with Crippen LogP contribution in [0, 0.1) is 0 Å². The van der Waals surface area contributed by atoms with Gasteiger partial charge in [-0.3, -0.25) is 0 Å². The van der Waals surface area contributed by atoms with Gasteiger partial charge in [-0.2, -0.15) is 13.2 Å². The summed E-state index contributed by atoms with van der Waals surface area (Å²) in [6, 6.07) is 9.37. The Morgan fingerprint density at radius 3 is 2.39 bits per heavy atom. The summed E-state index contributed by atoms with van der Waals surface area (Å²) in [6.07, 6.45) is -2.72. The highest BCUT2D eigenvalue weighted by atomic mass is 35.5. The van der Waals surface area contributed by atoms with Gasteiger partial charge in [0.05, 0.1) is 5.56 Å². The van der Waals surface area contributed by atoms with Crippen LogP contribution in [0.5, 0.6) is 5.75 Å². The predicted octanol–water partition coefficient (Wildman–Crippen LogP) is 4.75. The van der Waals surface area contributed by atoms with Gasteiger partial charge in [-0.25, -0.2) is 0 Å². The van der Waals surface area contributed by atoms with Gasteiger partial charge in [0.2, 0.25) is 0 Å². The summed E-state index contributed by atoms with van der Waals surface area (Å²) < 4.78 is 45.6. The standard InChI is InChI=1S/C17H18F3NO.ClH/c1-21-8-6-13(7-9-21)22-14-10-12-4-2-3-5-15(12)16(11-14)17(18,19)20;/h2-5,10-11,13H,6-9H2,1H3;1H. The molecule has 23 heavy (non-hydrogen) atoms. The fourth-order valence-electron chi connectivity index (χ4n) is 2.88. The zero-order chi connectivity index (χ0) is 15.7. The van der Waals surface area contributed by atoms with Gasteiger partial charge < -0.3 is 9.64 Å². The quantitative estimate of drug-likeness (QED) is 0.778. The minimum atomic E-state index is -4.38. The van der Waals surface area contributed by atoms with Crippen LogP contribution in [0.1, 0.15) is 18.4 Å². The Morgan fingerprint density at radius 2 is 1.74 bits per heavy atom. The number of fused-ring (bicyclic) bond motifs is 1. The number of likely N-dealkylation sites (tertiary alicyclic amines) is 1. The van der Waals surface area contributed by atoms with E-state index in [1.54, 1.807) is 24.3 Å². The van der Waals surface area contributed by atoms with Crippen molar-refractivity contribution in [2.75, 3.05) is 20.1 Å². The van der Waals surface area contributed by atoms with Crippen LogP contribution < -0.4 is 4.74 Å². The molecule has 0 amide bonds. The van der Waals surface area contributed by atoms with Crippen molar-refractivity contribution in [2.24, 2.45) is 0 Å². The summed E-state index contributed by atoms with van der Waals surface area (Å²) in [5.74, 6) is 0.306. The molecule has 0 atom stereocenters. The normalized spacial score (nSPS) is 17.0. The van der Waals surface area contributed by atoms with E-state index < -0.39 is 11.7 Å². The maximum atomic E-state index is 13.3. The molecule has 126 valence electrons. The minimum absolute atomic E-state index is 0. The molecule has 2 aromatic carbocycles. The van der Waals surface area contributed by atoms with E-state index in [0.29, 0.717) is 11.1 Å². The van der Waals surface area contributed by atoms with Crippen molar-refractivity contribution in [3.63, 3.8) is 0 Å². The van der Waals surface area contributed by atoms with Crippen LogP contribution in [0.3, 0.4) is 0 Å². The topological polar surface area (TPSA) is 12.5 Å². The van der Waals surface area contributed by atoms with Gasteiger partial charge in [0.25, 0.3) is 0 Å². The Hall–Kier alpha value is -1.46. The predicted molar refractivity (Wildman–Crippen MR) is 87.3 cm³/mol. The van der Waals surface area contributed by atoms with E-state index in [1.807, 2.05) is 7.05 Å². The lowest BCUT2D eigenvalue weighted by atomic mass is 10.0. The molecule has 0 aromatic heterocycles. The minimum Gasteiger partial charge on any atom is -0.490 e. The van der Waals surface area contributed by atoms with Crippen molar-refractivity contribution in [3.8, 4) is 5.75 Å². The molecule has 1 fully saturated rings. The SMILES string of the molecule is CN1CCC(Oc2cc(C(F)(F)F)c3ccccc3c2)CC1.Cl. The maximum absolute atomic E-state index is 13.3. The van der Waals surface area contributed by atoms with Gasteiger partial charge in [0, 0.05) is 13.1 Å². The molecule has 0 bridgehead atoms. The average molecular weight is 346 g/mol. The Kier molecular flexibility index (Phi) is 5.42. The number of piperidine rings is 1. The third-order valence-electron chi connectivity index (χ3n) is 4.11. The summed E-state index contributed by atoms with van der Waals surface area (Å²) in [7, 11) is 2.04. The van der Waals surface area contributed by atoms with Gasteiger partial charge in [-0.05, 0) is 42.8 Å². The summed E-state index contributed by atoms with van der Waals surface area (Å²) in [6.45, 7) is 1.81. The molecule has 1 aliphatic rings. The Balaban J connectivity index is 0.00000192. The molecule has 0 spiro atoms. The van der Waals surface area contributed by atoms with Crippen LogP contribution in [-0.4, -0.2) is 31.1 Å². The number of nitrogens with zero attached hydrogens (tertiary/aromatic N) is 1. The molecule has 0 aliphatic carbocycles. The molecule has 0 saturated carbocycles. The lowest BCUT2D eigenvalue weighted by Gasteiger charge is -2.29. The van der Waals surface area contributed by atoms with E-state index in [1.165, 1.54) is 6.07 Å². The summed E-state index contributed by atoms with van der Waals surface area (Å²) in [5, 5.41) is 0.769. The maximum Gasteiger partial charge on any atom is 0.417 e. The van der Waals surface area contributed by atoms with Crippen LogP contribution in [0.25, 0.3) is 10.8 Å². The zero-order valence-corrected chi connectivity index (χ0v) is 13.6. The number of ether oxygens (including phenoxy) is 1. The molecule has 3 rings (SSSR count). The van der Waals surface area contributed by atoms with Crippen molar-refractivity contribution in [2.45, 2.75) is 25.1 Å². The Morgan fingerprint density at radius 1 is 1.09 bits per heavy atom. The van der Waals surface area contributed by atoms with Crippen molar-refractivity contribution in [1.29, 1.82) is 0 Å². The number of hydrogen-bond donors (Lipinski definition) is 0. The number of benzene rings is 2. The van der Waals surface area contributed by atoms with E-state index in [2.05, 4.69) is 4.90 Å². The lowest BCUT2D eigenvalue weighted by Crippen LogP contribution is -2.35. The van der Waals surface area contributed by atoms with Gasteiger partial charge in [0.15, 0.2) is 0 Å². The van der Waals surface area contributed by atoms with Gasteiger partial charge in [-0.15, -0.1) is 12.4 Å². The molecule has 0 N–H and O–H groups in total. The first-order valence-electron chi connectivity index (χ1n) is 7.38. The third kappa shape index (κ3) is 4.09. The van der Waals surface area contributed by atoms with E-state index >= 15 is 0 Å². The van der Waals surface area contributed by atoms with E-state index in [-0.39, 0.29) is 23.9 Å². The summed E-state index contributed by atoms with van der Waals surface area (Å²) >= 11 is 0. The molecule has 0 radical (unpaired) electrons. The smallest absolute Gasteiger partial charge is 0.417 e. The number of alkyl halides is 3. The largest absolute Gasteiger partial charge is 0.490 e. The van der Waals surface area contributed by atoms with Crippen molar-refractivity contribution in [1.82, 2.24) is 4.90 Å². The molecule has 1 heterocycles. The first kappa shape index (κ1) is 17.9. The molecular weight excluding hydrogens is 327 g/mol. The lowest BCUT2D eigenvalue weighted by molar-refractivity contribution is -0.136. The van der Waals surface area contributed by atoms with E-state index in [0.717, 1.165) is 32.0 Å². The second-order valence-corrected chi connectivity index (χ2v) is 5.81. The van der Waals surface area contributed by atoms with Gasteiger partial charge in [0.1, 0.15) is 11.9 Å². The highest BCUT2D eigenvalue weighted by Gasteiger charge is 2.33. The van der Waals surface area contributed by atoms with Gasteiger partial charge >= 0.3 is 6.18 Å². The molecule has 0 unspecified atom stereocenters. The number of hydrogen-bond acceptors (Lipinski definition) is 2. The Labute approximate surface area is 139 Å². The van der Waals surface area contributed by atoms with Crippen LogP contribution in [0.4, 0.5) is 13.2 Å². The first-order valence-corrected chi connectivity index (χ1v) is 7.38. The van der Waals surface area contributed by atoms with Crippen molar-refractivity contribution in [3.05, 3.63) is 42.0 Å². The molecule has 2 aromatic rings. The highest BCUT2D eigenvalue weighted by Crippen LogP contribution is 2.38. The average Bonchev–Trinajstić information content (AvgIpc) is 2.48. The first-order chi connectivity index (χ1) is 10.4. The number of halogens is 4.